The lowest BCUT2D eigenvalue weighted by Crippen LogP contribution is -2.35. The lowest BCUT2D eigenvalue weighted by atomic mass is 10.2. The molecule has 2 aromatic rings. The maximum atomic E-state index is 12.5. The molecule has 0 bridgehead atoms. The number of carbonyl (C=O) groups excluding carboxylic acids is 2. The van der Waals surface area contributed by atoms with Gasteiger partial charge in [-0.25, -0.2) is 0 Å². The van der Waals surface area contributed by atoms with Gasteiger partial charge in [-0.3, -0.25) is 9.59 Å². The molecule has 2 amide bonds. The van der Waals surface area contributed by atoms with Gasteiger partial charge in [0.15, 0.2) is 4.34 Å². The number of rotatable bonds is 9. The Morgan fingerprint density at radius 2 is 1.93 bits per heavy atom. The van der Waals surface area contributed by atoms with Crippen LogP contribution in [0, 0.1) is 0 Å². The summed E-state index contributed by atoms with van der Waals surface area (Å²) in [6, 6.07) is 8.78. The van der Waals surface area contributed by atoms with Crippen molar-refractivity contribution in [3.05, 3.63) is 30.3 Å². The number of benzene rings is 1. The van der Waals surface area contributed by atoms with Crippen LogP contribution in [0.2, 0.25) is 0 Å². The van der Waals surface area contributed by atoms with Gasteiger partial charge in [-0.1, -0.05) is 41.3 Å². The second-order valence-electron chi connectivity index (χ2n) is 5.23. The van der Waals surface area contributed by atoms with E-state index in [0.29, 0.717) is 10.0 Å². The van der Waals surface area contributed by atoms with Crippen LogP contribution in [0.4, 0.5) is 24.0 Å². The van der Waals surface area contributed by atoms with Crippen LogP contribution in [-0.2, 0) is 9.59 Å². The van der Waals surface area contributed by atoms with Crippen LogP contribution in [0.1, 0.15) is 6.42 Å². The third kappa shape index (κ3) is 7.43. The molecule has 0 atom stereocenters. The lowest BCUT2D eigenvalue weighted by Gasteiger charge is -2.22. The number of amides is 2. The predicted molar refractivity (Wildman–Crippen MR) is 97.8 cm³/mol. The van der Waals surface area contributed by atoms with E-state index in [-0.39, 0.29) is 29.8 Å². The molecule has 27 heavy (non-hydrogen) atoms. The first-order valence-electron chi connectivity index (χ1n) is 7.65. The van der Waals surface area contributed by atoms with Gasteiger partial charge in [-0.15, -0.1) is 10.2 Å². The number of primary amides is 1. The van der Waals surface area contributed by atoms with Crippen molar-refractivity contribution < 1.29 is 22.8 Å². The third-order valence-corrected chi connectivity index (χ3v) is 5.12. The summed E-state index contributed by atoms with van der Waals surface area (Å²) in [5, 5.41) is 9.52. The van der Waals surface area contributed by atoms with E-state index in [1.807, 2.05) is 0 Å². The van der Waals surface area contributed by atoms with Gasteiger partial charge in [-0.05, 0) is 12.1 Å². The Labute approximate surface area is 161 Å². The number of hydrogen-bond donors (Lipinski definition) is 2. The quantitative estimate of drug-likeness (QED) is 0.606. The van der Waals surface area contributed by atoms with Crippen molar-refractivity contribution in [3.8, 4) is 0 Å². The minimum atomic E-state index is -4.36. The van der Waals surface area contributed by atoms with E-state index in [0.717, 1.165) is 23.1 Å². The highest BCUT2D eigenvalue weighted by Gasteiger charge is 2.27. The molecule has 12 heteroatoms. The van der Waals surface area contributed by atoms with Crippen molar-refractivity contribution in [2.24, 2.45) is 5.73 Å². The summed E-state index contributed by atoms with van der Waals surface area (Å²) in [5.74, 6) is -0.824. The smallest absolute Gasteiger partial charge is 0.370 e. The highest BCUT2D eigenvalue weighted by molar-refractivity contribution is 8.01. The Morgan fingerprint density at radius 3 is 2.56 bits per heavy atom. The zero-order chi connectivity index (χ0) is 19.9. The standard InChI is InChI=1S/C15H16F3N5O2S2/c16-15(17,18)9-20-13-21-22-14(27-13)26-8-12(25)23(7-6-11(19)24)10-4-2-1-3-5-10/h1-5H,6-9H2,(H2,19,24)(H,20,21). The highest BCUT2D eigenvalue weighted by Crippen LogP contribution is 2.27. The molecule has 0 spiro atoms. The first-order valence-corrected chi connectivity index (χ1v) is 9.45. The average molecular weight is 419 g/mol. The van der Waals surface area contributed by atoms with E-state index >= 15 is 0 Å². The van der Waals surface area contributed by atoms with Crippen molar-refractivity contribution >= 4 is 45.7 Å². The fraction of sp³-hybridized carbons (Fsp3) is 0.333. The molecule has 1 heterocycles. The van der Waals surface area contributed by atoms with Crippen molar-refractivity contribution in [1.29, 1.82) is 0 Å². The van der Waals surface area contributed by atoms with Gasteiger partial charge in [0.2, 0.25) is 16.9 Å². The van der Waals surface area contributed by atoms with E-state index in [1.54, 1.807) is 30.3 Å². The summed E-state index contributed by atoms with van der Waals surface area (Å²) in [4.78, 5) is 25.0. The molecule has 7 nitrogen and oxygen atoms in total. The van der Waals surface area contributed by atoms with Crippen LogP contribution in [0.25, 0.3) is 0 Å². The molecule has 0 saturated carbocycles. The average Bonchev–Trinajstić information content (AvgIpc) is 3.06. The van der Waals surface area contributed by atoms with Gasteiger partial charge in [-0.2, -0.15) is 13.2 Å². The number of para-hydroxylation sites is 1. The number of nitrogens with one attached hydrogen (secondary N) is 1. The van der Waals surface area contributed by atoms with Crippen molar-refractivity contribution in [2.75, 3.05) is 29.1 Å². The summed E-state index contributed by atoms with van der Waals surface area (Å²) >= 11 is 1.98. The Kier molecular flexibility index (Phi) is 7.42. The maximum Gasteiger partial charge on any atom is 0.405 e. The molecule has 0 radical (unpaired) electrons. The first kappa shape index (κ1) is 21.0. The van der Waals surface area contributed by atoms with Crippen LogP contribution in [0.15, 0.2) is 34.7 Å². The summed E-state index contributed by atoms with van der Waals surface area (Å²) in [5.41, 5.74) is 5.78. The fourth-order valence-corrected chi connectivity index (χ4v) is 3.57. The maximum absolute atomic E-state index is 12.5. The number of nitrogens with two attached hydrogens (primary N) is 1. The Hall–Kier alpha value is -2.34. The molecule has 1 aromatic heterocycles. The number of hydrogen-bond acceptors (Lipinski definition) is 7. The summed E-state index contributed by atoms with van der Waals surface area (Å²) in [7, 11) is 0. The van der Waals surface area contributed by atoms with Crippen molar-refractivity contribution in [2.45, 2.75) is 16.9 Å². The molecule has 0 saturated heterocycles. The summed E-state index contributed by atoms with van der Waals surface area (Å²) in [6.07, 6.45) is -4.35. The van der Waals surface area contributed by atoms with Crippen molar-refractivity contribution in [3.63, 3.8) is 0 Å². The highest BCUT2D eigenvalue weighted by atomic mass is 32.2. The number of anilines is 2. The number of halogens is 3. The zero-order valence-electron chi connectivity index (χ0n) is 13.9. The molecule has 146 valence electrons. The summed E-state index contributed by atoms with van der Waals surface area (Å²) in [6.45, 7) is -1.08. The topological polar surface area (TPSA) is 101 Å². The lowest BCUT2D eigenvalue weighted by molar-refractivity contribution is -0.118. The first-order chi connectivity index (χ1) is 12.7. The van der Waals surface area contributed by atoms with Gasteiger partial charge >= 0.3 is 6.18 Å². The molecular weight excluding hydrogens is 403 g/mol. The van der Waals surface area contributed by atoms with Crippen LogP contribution in [0.3, 0.4) is 0 Å². The number of alkyl halides is 3. The normalized spacial score (nSPS) is 11.2. The van der Waals surface area contributed by atoms with Crippen LogP contribution in [0.5, 0.6) is 0 Å². The monoisotopic (exact) mass is 419 g/mol. The van der Waals surface area contributed by atoms with E-state index in [1.165, 1.54) is 4.90 Å². The number of carbonyl (C=O) groups is 2. The molecule has 2 rings (SSSR count). The minimum Gasteiger partial charge on any atom is -0.370 e. The molecule has 0 unspecified atom stereocenters. The fourth-order valence-electron chi connectivity index (χ4n) is 1.94. The Bertz CT molecular complexity index is 770. The molecule has 0 aliphatic carbocycles. The van der Waals surface area contributed by atoms with Crippen LogP contribution >= 0.6 is 23.1 Å². The van der Waals surface area contributed by atoms with E-state index < -0.39 is 18.6 Å². The largest absolute Gasteiger partial charge is 0.405 e. The SMILES string of the molecule is NC(=O)CCN(C(=O)CSc1nnc(NCC(F)(F)F)s1)c1ccccc1. The second-order valence-corrected chi connectivity index (χ2v) is 7.43. The van der Waals surface area contributed by atoms with Gasteiger partial charge in [0.05, 0.1) is 5.75 Å². The zero-order valence-corrected chi connectivity index (χ0v) is 15.5. The molecule has 0 aliphatic heterocycles. The number of aromatic nitrogens is 2. The minimum absolute atomic E-state index is 0.00954. The third-order valence-electron chi connectivity index (χ3n) is 3.12. The Balaban J connectivity index is 1.95. The molecular formula is C15H16F3N5O2S2. The molecule has 3 N–H and O–H groups in total. The van der Waals surface area contributed by atoms with Gasteiger partial charge < -0.3 is 16.0 Å². The van der Waals surface area contributed by atoms with Crippen LogP contribution in [-0.4, -0.2) is 47.0 Å². The number of nitrogens with zero attached hydrogens (tertiary/aromatic N) is 3. The Morgan fingerprint density at radius 1 is 1.22 bits per heavy atom. The van der Waals surface area contributed by atoms with Crippen molar-refractivity contribution in [1.82, 2.24) is 10.2 Å². The molecule has 1 aromatic carbocycles. The van der Waals surface area contributed by atoms with Crippen LogP contribution < -0.4 is 16.0 Å². The van der Waals surface area contributed by atoms with Gasteiger partial charge in [0.1, 0.15) is 6.54 Å². The summed E-state index contributed by atoms with van der Waals surface area (Å²) < 4.78 is 36.9. The predicted octanol–water partition coefficient (Wildman–Crippen LogP) is 2.51. The molecule has 0 aliphatic rings. The van der Waals surface area contributed by atoms with E-state index in [9.17, 15) is 22.8 Å². The van der Waals surface area contributed by atoms with Gasteiger partial charge in [0.25, 0.3) is 0 Å². The second kappa shape index (κ2) is 9.55. The van der Waals surface area contributed by atoms with Gasteiger partial charge in [0, 0.05) is 18.7 Å². The van der Waals surface area contributed by atoms with E-state index in [4.69, 9.17) is 5.73 Å². The number of thioether (sulfide) groups is 1. The molecule has 0 fully saturated rings. The van der Waals surface area contributed by atoms with E-state index in [2.05, 4.69) is 15.5 Å².